The molecule has 0 radical (unpaired) electrons. The lowest BCUT2D eigenvalue weighted by molar-refractivity contribution is 0.150. The molecule has 2 aliphatic rings. The fraction of sp³-hybridized carbons (Fsp3) is 0.571. The summed E-state index contributed by atoms with van der Waals surface area (Å²) in [6.45, 7) is 1.93. The molecule has 0 aliphatic heterocycles. The lowest BCUT2D eigenvalue weighted by Crippen LogP contribution is -2.29. The summed E-state index contributed by atoms with van der Waals surface area (Å²) >= 11 is 3.63. The van der Waals surface area contributed by atoms with Gasteiger partial charge in [-0.25, -0.2) is 0 Å². The van der Waals surface area contributed by atoms with E-state index in [-0.39, 0.29) is 11.0 Å². The van der Waals surface area contributed by atoms with Crippen molar-refractivity contribution in [2.24, 2.45) is 11.8 Å². The first-order valence-corrected chi connectivity index (χ1v) is 8.92. The number of rotatable bonds is 3. The van der Waals surface area contributed by atoms with Gasteiger partial charge in [0.15, 0.2) is 0 Å². The number of hydrogen-bond acceptors (Lipinski definition) is 3. The molecule has 0 saturated heterocycles. The molecule has 4 atom stereocenters. The minimum absolute atomic E-state index is 0.158. The molecular formula is C14H17BrO3S. The van der Waals surface area contributed by atoms with Gasteiger partial charge in [0.2, 0.25) is 0 Å². The third-order valence-corrected chi connectivity index (χ3v) is 6.63. The molecule has 5 heteroatoms. The van der Waals surface area contributed by atoms with E-state index in [1.165, 1.54) is 0 Å². The van der Waals surface area contributed by atoms with Crippen molar-refractivity contribution in [2.45, 2.75) is 42.0 Å². The van der Waals surface area contributed by atoms with Crippen molar-refractivity contribution in [3.05, 3.63) is 29.8 Å². The summed E-state index contributed by atoms with van der Waals surface area (Å²) in [7, 11) is -3.63. The normalized spacial score (nSPS) is 33.8. The number of benzene rings is 1. The summed E-state index contributed by atoms with van der Waals surface area (Å²) in [4.78, 5) is 0.663. The van der Waals surface area contributed by atoms with Gasteiger partial charge in [-0.1, -0.05) is 33.6 Å². The van der Waals surface area contributed by atoms with E-state index in [2.05, 4.69) is 15.9 Å². The average Bonchev–Trinajstić information content (AvgIpc) is 2.87. The van der Waals surface area contributed by atoms with Gasteiger partial charge in [-0.2, -0.15) is 8.42 Å². The van der Waals surface area contributed by atoms with Gasteiger partial charge in [0.25, 0.3) is 10.1 Å². The van der Waals surface area contributed by atoms with E-state index < -0.39 is 10.1 Å². The maximum atomic E-state index is 12.2. The van der Waals surface area contributed by atoms with Gasteiger partial charge in [-0.15, -0.1) is 0 Å². The molecule has 3 nitrogen and oxygen atoms in total. The van der Waals surface area contributed by atoms with Crippen LogP contribution < -0.4 is 0 Å². The molecule has 2 saturated carbocycles. The van der Waals surface area contributed by atoms with E-state index in [4.69, 9.17) is 4.18 Å². The van der Waals surface area contributed by atoms with Gasteiger partial charge < -0.3 is 0 Å². The third-order valence-electron chi connectivity index (χ3n) is 4.23. The monoisotopic (exact) mass is 344 g/mol. The van der Waals surface area contributed by atoms with Crippen molar-refractivity contribution in [3.63, 3.8) is 0 Å². The Hall–Kier alpha value is -0.390. The van der Waals surface area contributed by atoms with Crippen LogP contribution in [0.3, 0.4) is 0 Å². The molecule has 1 aromatic carbocycles. The van der Waals surface area contributed by atoms with E-state index >= 15 is 0 Å². The summed E-state index contributed by atoms with van der Waals surface area (Å²) in [6.07, 6.45) is 2.95. The standard InChI is InChI=1S/C14H17BrO3S/c1-9-2-4-11(5-3-9)19(16,17)18-14-8-10-6-12(14)13(15)7-10/h2-5,10,12-14H,6-8H2,1H3/t10-,12+,13-,14-/m1/s1. The summed E-state index contributed by atoms with van der Waals surface area (Å²) < 4.78 is 30.0. The van der Waals surface area contributed by atoms with Gasteiger partial charge in [-0.3, -0.25) is 4.18 Å². The highest BCUT2D eigenvalue weighted by Crippen LogP contribution is 2.49. The zero-order chi connectivity index (χ0) is 13.6. The van der Waals surface area contributed by atoms with Crippen molar-refractivity contribution in [2.75, 3.05) is 0 Å². The fourth-order valence-corrected chi connectivity index (χ4v) is 5.45. The van der Waals surface area contributed by atoms with Crippen LogP contribution in [0.2, 0.25) is 0 Å². The molecule has 0 heterocycles. The lowest BCUT2D eigenvalue weighted by Gasteiger charge is -2.25. The summed E-state index contributed by atoms with van der Waals surface area (Å²) in [5.41, 5.74) is 1.04. The van der Waals surface area contributed by atoms with Crippen molar-refractivity contribution < 1.29 is 12.6 Å². The van der Waals surface area contributed by atoms with Crippen molar-refractivity contribution in [1.29, 1.82) is 0 Å². The molecule has 0 N–H and O–H groups in total. The Kier molecular flexibility index (Phi) is 3.48. The second-order valence-electron chi connectivity index (χ2n) is 5.65. The van der Waals surface area contributed by atoms with E-state index in [0.29, 0.717) is 16.7 Å². The fourth-order valence-electron chi connectivity index (χ4n) is 3.24. The number of fused-ring (bicyclic) bond motifs is 2. The Bertz CT molecular complexity index is 567. The highest BCUT2D eigenvalue weighted by molar-refractivity contribution is 9.09. The lowest BCUT2D eigenvalue weighted by atomic mass is 9.98. The summed E-state index contributed by atoms with van der Waals surface area (Å²) in [6, 6.07) is 6.82. The second-order valence-corrected chi connectivity index (χ2v) is 8.40. The molecule has 0 unspecified atom stereocenters. The van der Waals surface area contributed by atoms with Gasteiger partial charge >= 0.3 is 0 Å². The predicted octanol–water partition coefficient (Wildman–Crippen LogP) is 3.26. The van der Waals surface area contributed by atoms with Crippen LogP contribution in [0.4, 0.5) is 0 Å². The summed E-state index contributed by atoms with van der Waals surface area (Å²) in [5, 5.41) is 0. The first-order chi connectivity index (χ1) is 8.95. The number of aryl methyl sites for hydroxylation is 1. The van der Waals surface area contributed by atoms with Crippen LogP contribution >= 0.6 is 15.9 Å². The highest BCUT2D eigenvalue weighted by atomic mass is 79.9. The van der Waals surface area contributed by atoms with Crippen LogP contribution in [-0.2, 0) is 14.3 Å². The first-order valence-electron chi connectivity index (χ1n) is 6.60. The average molecular weight is 345 g/mol. The minimum atomic E-state index is -3.63. The first kappa shape index (κ1) is 13.6. The molecule has 0 aromatic heterocycles. The van der Waals surface area contributed by atoms with E-state index in [1.54, 1.807) is 24.3 Å². The largest absolute Gasteiger partial charge is 0.297 e. The maximum Gasteiger partial charge on any atom is 0.297 e. The van der Waals surface area contributed by atoms with E-state index in [1.807, 2.05) is 6.92 Å². The van der Waals surface area contributed by atoms with Crippen LogP contribution in [0.5, 0.6) is 0 Å². The molecule has 104 valence electrons. The quantitative estimate of drug-likeness (QED) is 0.624. The van der Waals surface area contributed by atoms with Gasteiger partial charge in [0.05, 0.1) is 11.0 Å². The summed E-state index contributed by atoms with van der Waals surface area (Å²) in [5.74, 6) is 0.956. The molecule has 1 aromatic rings. The minimum Gasteiger partial charge on any atom is -0.263 e. The molecule has 2 fully saturated rings. The molecule has 3 rings (SSSR count). The Labute approximate surface area is 122 Å². The number of alkyl halides is 1. The Morgan fingerprint density at radius 3 is 2.42 bits per heavy atom. The van der Waals surface area contributed by atoms with Crippen LogP contribution in [0.25, 0.3) is 0 Å². The van der Waals surface area contributed by atoms with Crippen LogP contribution in [0, 0.1) is 18.8 Å². The van der Waals surface area contributed by atoms with E-state index in [0.717, 1.165) is 24.8 Å². The van der Waals surface area contributed by atoms with Crippen LogP contribution in [0.15, 0.2) is 29.2 Å². The Morgan fingerprint density at radius 2 is 1.84 bits per heavy atom. The maximum absolute atomic E-state index is 12.2. The smallest absolute Gasteiger partial charge is 0.263 e. The molecule has 2 aliphatic carbocycles. The Balaban J connectivity index is 1.77. The van der Waals surface area contributed by atoms with Crippen molar-refractivity contribution in [1.82, 2.24) is 0 Å². The zero-order valence-electron chi connectivity index (χ0n) is 10.8. The van der Waals surface area contributed by atoms with E-state index in [9.17, 15) is 8.42 Å². The zero-order valence-corrected chi connectivity index (χ0v) is 13.2. The van der Waals surface area contributed by atoms with Gasteiger partial charge in [0, 0.05) is 4.83 Å². The molecule has 0 spiro atoms. The van der Waals surface area contributed by atoms with Crippen molar-refractivity contribution in [3.8, 4) is 0 Å². The molecular weight excluding hydrogens is 328 g/mol. The van der Waals surface area contributed by atoms with Crippen molar-refractivity contribution >= 4 is 26.0 Å². The predicted molar refractivity (Wildman–Crippen MR) is 76.8 cm³/mol. The van der Waals surface area contributed by atoms with Crippen LogP contribution in [-0.4, -0.2) is 19.3 Å². The topological polar surface area (TPSA) is 43.4 Å². The second kappa shape index (κ2) is 4.86. The number of halogens is 1. The molecule has 2 bridgehead atoms. The molecule has 19 heavy (non-hydrogen) atoms. The number of hydrogen-bond donors (Lipinski definition) is 0. The Morgan fingerprint density at radius 1 is 1.16 bits per heavy atom. The SMILES string of the molecule is Cc1ccc(S(=O)(=O)O[C@@H]2C[C@@H]3C[C@H]2[C@H](Br)C3)cc1. The van der Waals surface area contributed by atoms with Gasteiger partial charge in [-0.05, 0) is 50.2 Å². The molecule has 0 amide bonds. The highest BCUT2D eigenvalue weighted by Gasteiger charge is 2.47. The third kappa shape index (κ3) is 2.60. The van der Waals surface area contributed by atoms with Crippen LogP contribution in [0.1, 0.15) is 24.8 Å². The van der Waals surface area contributed by atoms with Gasteiger partial charge in [0.1, 0.15) is 0 Å².